The third kappa shape index (κ3) is 3.97. The molecule has 0 fully saturated rings. The molecule has 5 heteroatoms. The molecular formula is C22H22ClNO2S. The van der Waals surface area contributed by atoms with Gasteiger partial charge in [0.2, 0.25) is 0 Å². The number of imide groups is 1. The van der Waals surface area contributed by atoms with Crippen LogP contribution in [0.4, 0.5) is 0 Å². The molecule has 27 heavy (non-hydrogen) atoms. The molecule has 0 aromatic heterocycles. The van der Waals surface area contributed by atoms with E-state index in [1.54, 1.807) is 6.07 Å². The number of carbonyl (C=O) groups excluding carboxylic acids is 2. The summed E-state index contributed by atoms with van der Waals surface area (Å²) in [5.74, 6) is -0.502. The summed E-state index contributed by atoms with van der Waals surface area (Å²) in [7, 11) is 0. The van der Waals surface area contributed by atoms with Crippen molar-refractivity contribution in [3.05, 3.63) is 74.6 Å². The van der Waals surface area contributed by atoms with Gasteiger partial charge in [0.25, 0.3) is 11.8 Å². The van der Waals surface area contributed by atoms with Crippen LogP contribution in [-0.2, 0) is 16.1 Å². The van der Waals surface area contributed by atoms with Crippen LogP contribution in [0.25, 0.3) is 5.57 Å². The minimum Gasteiger partial charge on any atom is -0.269 e. The number of hydrogen-bond donors (Lipinski definition) is 0. The summed E-state index contributed by atoms with van der Waals surface area (Å²) in [6.07, 6.45) is 0. The first-order valence-corrected chi connectivity index (χ1v) is 10.1. The zero-order valence-corrected chi connectivity index (χ0v) is 17.4. The second-order valence-corrected chi connectivity index (χ2v) is 8.95. The standard InChI is InChI=1S/C22H22ClNO2S/c1-13(2)27-20-19(16-10-9-14(3)15(4)11-16)21(25)24(22(20)26)12-17-7-5-6-8-18(17)23/h5-11,13H,12H2,1-4H3. The maximum Gasteiger partial charge on any atom is 0.268 e. The molecule has 0 bridgehead atoms. The van der Waals surface area contributed by atoms with E-state index < -0.39 is 0 Å². The highest BCUT2D eigenvalue weighted by Gasteiger charge is 2.39. The topological polar surface area (TPSA) is 37.4 Å². The van der Waals surface area contributed by atoms with Gasteiger partial charge in [-0.3, -0.25) is 14.5 Å². The summed E-state index contributed by atoms with van der Waals surface area (Å²) in [5.41, 5.74) is 4.30. The highest BCUT2D eigenvalue weighted by atomic mass is 35.5. The van der Waals surface area contributed by atoms with Gasteiger partial charge in [-0.15, -0.1) is 11.8 Å². The quantitative estimate of drug-likeness (QED) is 0.633. The molecule has 2 aromatic rings. The van der Waals surface area contributed by atoms with E-state index in [1.165, 1.54) is 16.7 Å². The average Bonchev–Trinajstić information content (AvgIpc) is 2.83. The minimum absolute atomic E-state index is 0.174. The molecule has 0 spiro atoms. The fourth-order valence-electron chi connectivity index (χ4n) is 2.99. The van der Waals surface area contributed by atoms with Crippen molar-refractivity contribution in [2.24, 2.45) is 0 Å². The molecule has 0 saturated heterocycles. The van der Waals surface area contributed by atoms with E-state index in [2.05, 4.69) is 0 Å². The molecular weight excluding hydrogens is 378 g/mol. The Balaban J connectivity index is 2.03. The van der Waals surface area contributed by atoms with Crippen LogP contribution < -0.4 is 0 Å². The van der Waals surface area contributed by atoms with Gasteiger partial charge < -0.3 is 0 Å². The Hall–Kier alpha value is -2.04. The number of halogens is 1. The number of carbonyl (C=O) groups is 2. The van der Waals surface area contributed by atoms with Crippen LogP contribution in [0.2, 0.25) is 5.02 Å². The van der Waals surface area contributed by atoms with Crippen molar-refractivity contribution < 1.29 is 9.59 Å². The van der Waals surface area contributed by atoms with Gasteiger partial charge in [-0.05, 0) is 42.2 Å². The van der Waals surface area contributed by atoms with Gasteiger partial charge in [0, 0.05) is 10.3 Å². The maximum absolute atomic E-state index is 13.2. The lowest BCUT2D eigenvalue weighted by molar-refractivity contribution is -0.137. The molecule has 0 atom stereocenters. The van der Waals surface area contributed by atoms with Crippen molar-refractivity contribution in [1.29, 1.82) is 0 Å². The molecule has 0 N–H and O–H groups in total. The van der Waals surface area contributed by atoms with Crippen molar-refractivity contribution in [1.82, 2.24) is 4.90 Å². The van der Waals surface area contributed by atoms with E-state index in [0.29, 0.717) is 15.5 Å². The Morgan fingerprint density at radius 3 is 2.33 bits per heavy atom. The zero-order chi connectivity index (χ0) is 19.7. The van der Waals surface area contributed by atoms with Gasteiger partial charge in [0.05, 0.1) is 17.0 Å². The summed E-state index contributed by atoms with van der Waals surface area (Å²) < 4.78 is 0. The molecule has 1 aliphatic rings. The molecule has 1 aliphatic heterocycles. The van der Waals surface area contributed by atoms with Crippen LogP contribution >= 0.6 is 23.4 Å². The maximum atomic E-state index is 13.2. The molecule has 0 saturated carbocycles. The molecule has 1 heterocycles. The first-order chi connectivity index (χ1) is 12.8. The molecule has 3 rings (SSSR count). The van der Waals surface area contributed by atoms with Crippen molar-refractivity contribution in [2.45, 2.75) is 39.5 Å². The molecule has 0 radical (unpaired) electrons. The Morgan fingerprint density at radius 1 is 1.00 bits per heavy atom. The number of benzene rings is 2. The monoisotopic (exact) mass is 399 g/mol. The van der Waals surface area contributed by atoms with Crippen LogP contribution in [0, 0.1) is 13.8 Å². The smallest absolute Gasteiger partial charge is 0.268 e. The predicted octanol–water partition coefficient (Wildman–Crippen LogP) is 5.38. The Labute approximate surface area is 169 Å². The molecule has 2 aromatic carbocycles. The fraction of sp³-hybridized carbons (Fsp3) is 0.273. The van der Waals surface area contributed by atoms with Gasteiger partial charge in [-0.1, -0.05) is 61.8 Å². The minimum atomic E-state index is -0.258. The average molecular weight is 400 g/mol. The van der Waals surface area contributed by atoms with Crippen LogP contribution in [0.5, 0.6) is 0 Å². The number of thioether (sulfide) groups is 1. The zero-order valence-electron chi connectivity index (χ0n) is 15.9. The second-order valence-electron chi connectivity index (χ2n) is 6.96. The molecule has 2 amide bonds. The molecule has 0 unspecified atom stereocenters. The molecule has 0 aliphatic carbocycles. The summed E-state index contributed by atoms with van der Waals surface area (Å²) in [4.78, 5) is 28.1. The fourth-order valence-corrected chi connectivity index (χ4v) is 4.19. The summed E-state index contributed by atoms with van der Waals surface area (Å²) in [6.45, 7) is 8.25. The van der Waals surface area contributed by atoms with E-state index in [0.717, 1.165) is 22.3 Å². The summed E-state index contributed by atoms with van der Waals surface area (Å²) in [6, 6.07) is 13.2. The Morgan fingerprint density at radius 2 is 1.70 bits per heavy atom. The summed E-state index contributed by atoms with van der Waals surface area (Å²) in [5, 5.41) is 0.745. The van der Waals surface area contributed by atoms with Crippen LogP contribution in [-0.4, -0.2) is 22.0 Å². The second kappa shape index (κ2) is 7.91. The number of hydrogen-bond acceptors (Lipinski definition) is 3. The number of aryl methyl sites for hydroxylation is 2. The van der Waals surface area contributed by atoms with E-state index in [-0.39, 0.29) is 23.6 Å². The van der Waals surface area contributed by atoms with Crippen molar-refractivity contribution in [3.63, 3.8) is 0 Å². The SMILES string of the molecule is Cc1ccc(C2=C(SC(C)C)C(=O)N(Cc3ccccc3Cl)C2=O)cc1C. The first-order valence-electron chi connectivity index (χ1n) is 8.87. The van der Waals surface area contributed by atoms with Crippen LogP contribution in [0.3, 0.4) is 0 Å². The van der Waals surface area contributed by atoms with Gasteiger partial charge >= 0.3 is 0 Å². The molecule has 140 valence electrons. The van der Waals surface area contributed by atoms with Crippen LogP contribution in [0.15, 0.2) is 47.4 Å². The molecule has 3 nitrogen and oxygen atoms in total. The third-order valence-corrected chi connectivity index (χ3v) is 6.02. The number of amides is 2. The lowest BCUT2D eigenvalue weighted by Crippen LogP contribution is -2.31. The van der Waals surface area contributed by atoms with Gasteiger partial charge in [-0.25, -0.2) is 0 Å². The van der Waals surface area contributed by atoms with Crippen molar-refractivity contribution in [3.8, 4) is 0 Å². The van der Waals surface area contributed by atoms with Crippen molar-refractivity contribution in [2.75, 3.05) is 0 Å². The van der Waals surface area contributed by atoms with Gasteiger partial charge in [0.15, 0.2) is 0 Å². The highest BCUT2D eigenvalue weighted by Crippen LogP contribution is 2.39. The Bertz CT molecular complexity index is 949. The van der Waals surface area contributed by atoms with E-state index >= 15 is 0 Å². The normalized spacial score (nSPS) is 14.7. The van der Waals surface area contributed by atoms with E-state index in [9.17, 15) is 9.59 Å². The Kier molecular flexibility index (Phi) is 5.78. The van der Waals surface area contributed by atoms with Crippen molar-refractivity contribution >= 4 is 40.8 Å². The third-order valence-electron chi connectivity index (χ3n) is 4.56. The predicted molar refractivity (Wildman–Crippen MR) is 113 cm³/mol. The largest absolute Gasteiger partial charge is 0.269 e. The number of rotatable bonds is 5. The highest BCUT2D eigenvalue weighted by molar-refractivity contribution is 8.04. The van der Waals surface area contributed by atoms with Gasteiger partial charge in [-0.2, -0.15) is 0 Å². The van der Waals surface area contributed by atoms with Crippen LogP contribution in [0.1, 0.15) is 36.1 Å². The lowest BCUT2D eigenvalue weighted by atomic mass is 10.0. The van der Waals surface area contributed by atoms with E-state index in [1.807, 2.05) is 64.1 Å². The number of nitrogens with zero attached hydrogens (tertiary/aromatic N) is 1. The van der Waals surface area contributed by atoms with E-state index in [4.69, 9.17) is 11.6 Å². The lowest BCUT2D eigenvalue weighted by Gasteiger charge is -2.16. The van der Waals surface area contributed by atoms with Gasteiger partial charge in [0.1, 0.15) is 0 Å². The summed E-state index contributed by atoms with van der Waals surface area (Å²) >= 11 is 7.68. The first kappa shape index (κ1) is 19.7.